The first-order valence-electron chi connectivity index (χ1n) is 6.23. The number of hydrogen-bond donors (Lipinski definition) is 1. The molecule has 0 aromatic heterocycles. The van der Waals surface area contributed by atoms with Crippen molar-refractivity contribution in [1.29, 1.82) is 0 Å². The van der Waals surface area contributed by atoms with Crippen LogP contribution in [-0.4, -0.2) is 31.1 Å². The summed E-state index contributed by atoms with van der Waals surface area (Å²) in [5, 5.41) is 0. The molecular weight excluding hydrogens is 212 g/mol. The Labute approximate surface area is 105 Å². The molecule has 1 rings (SSSR count). The van der Waals surface area contributed by atoms with E-state index >= 15 is 0 Å². The zero-order valence-electron chi connectivity index (χ0n) is 11.3. The summed E-state index contributed by atoms with van der Waals surface area (Å²) >= 11 is 0. The maximum Gasteiger partial charge on any atom is 0.119 e. The second-order valence-electron chi connectivity index (χ2n) is 4.70. The van der Waals surface area contributed by atoms with E-state index in [1.165, 1.54) is 0 Å². The van der Waals surface area contributed by atoms with Crippen LogP contribution in [0.3, 0.4) is 0 Å². The second-order valence-corrected chi connectivity index (χ2v) is 4.70. The van der Waals surface area contributed by atoms with E-state index in [0.717, 1.165) is 24.4 Å². The highest BCUT2D eigenvalue weighted by molar-refractivity contribution is 5.29. The highest BCUT2D eigenvalue weighted by Crippen LogP contribution is 2.17. The molecule has 0 radical (unpaired) electrons. The third kappa shape index (κ3) is 4.75. The van der Waals surface area contributed by atoms with Gasteiger partial charge in [0.15, 0.2) is 0 Å². The van der Waals surface area contributed by atoms with Crippen LogP contribution >= 0.6 is 0 Å². The van der Waals surface area contributed by atoms with Crippen molar-refractivity contribution < 1.29 is 4.74 Å². The topological polar surface area (TPSA) is 38.5 Å². The number of benzene rings is 1. The minimum absolute atomic E-state index is 0.0630. The molecule has 0 aliphatic carbocycles. The zero-order valence-corrected chi connectivity index (χ0v) is 11.3. The molecule has 17 heavy (non-hydrogen) atoms. The summed E-state index contributed by atoms with van der Waals surface area (Å²) in [5.74, 6) is 0.903. The van der Waals surface area contributed by atoms with Gasteiger partial charge in [0.1, 0.15) is 5.75 Å². The van der Waals surface area contributed by atoms with Crippen LogP contribution in [0.1, 0.15) is 32.4 Å². The average molecular weight is 236 g/mol. The predicted molar refractivity (Wildman–Crippen MR) is 72.3 cm³/mol. The molecule has 0 bridgehead atoms. The molecule has 1 atom stereocenters. The first kappa shape index (κ1) is 14.0. The van der Waals surface area contributed by atoms with Gasteiger partial charge in [-0.05, 0) is 45.1 Å². The van der Waals surface area contributed by atoms with Gasteiger partial charge in [0.25, 0.3) is 0 Å². The highest BCUT2D eigenvalue weighted by atomic mass is 16.5. The van der Waals surface area contributed by atoms with Crippen LogP contribution in [0.25, 0.3) is 0 Å². The van der Waals surface area contributed by atoms with E-state index in [-0.39, 0.29) is 12.1 Å². The quantitative estimate of drug-likeness (QED) is 0.824. The first-order chi connectivity index (χ1) is 8.02. The van der Waals surface area contributed by atoms with Gasteiger partial charge in [-0.2, -0.15) is 0 Å². The Bertz CT molecular complexity index is 321. The van der Waals surface area contributed by atoms with Gasteiger partial charge < -0.3 is 15.4 Å². The van der Waals surface area contributed by atoms with Crippen LogP contribution in [0.4, 0.5) is 0 Å². The van der Waals surface area contributed by atoms with Gasteiger partial charge in [-0.1, -0.05) is 19.1 Å². The molecule has 0 aliphatic rings. The average Bonchev–Trinajstić information content (AvgIpc) is 2.28. The Hall–Kier alpha value is -1.06. The molecule has 96 valence electrons. The van der Waals surface area contributed by atoms with E-state index in [2.05, 4.69) is 18.9 Å². The lowest BCUT2D eigenvalue weighted by Crippen LogP contribution is -2.28. The lowest BCUT2D eigenvalue weighted by molar-refractivity contribution is 0.242. The van der Waals surface area contributed by atoms with Crippen LogP contribution < -0.4 is 10.5 Å². The molecule has 1 aromatic rings. The smallest absolute Gasteiger partial charge is 0.119 e. The molecule has 0 aliphatic heterocycles. The molecule has 0 heterocycles. The summed E-state index contributed by atoms with van der Waals surface area (Å²) in [4.78, 5) is 2.21. The molecule has 0 amide bonds. The standard InChI is InChI=1S/C14H24N2O/c1-5-16(4)10-14(15)12-6-8-13(9-7-12)17-11(2)3/h6-9,11,14H,5,10,15H2,1-4H3. The predicted octanol–water partition coefficient (Wildman–Crippen LogP) is 2.43. The van der Waals surface area contributed by atoms with Crippen molar-refractivity contribution in [1.82, 2.24) is 4.90 Å². The third-order valence-electron chi connectivity index (χ3n) is 2.73. The van der Waals surface area contributed by atoms with Gasteiger partial charge in [-0.3, -0.25) is 0 Å². The van der Waals surface area contributed by atoms with Crippen molar-refractivity contribution in [3.05, 3.63) is 29.8 Å². The van der Waals surface area contributed by atoms with E-state index in [4.69, 9.17) is 10.5 Å². The Kier molecular flexibility index (Phi) is 5.45. The fraction of sp³-hybridized carbons (Fsp3) is 0.571. The van der Waals surface area contributed by atoms with Gasteiger partial charge in [0.2, 0.25) is 0 Å². The molecule has 0 fully saturated rings. The summed E-state index contributed by atoms with van der Waals surface area (Å²) < 4.78 is 5.60. The molecule has 2 N–H and O–H groups in total. The molecule has 3 nitrogen and oxygen atoms in total. The summed E-state index contributed by atoms with van der Waals surface area (Å²) in [6.45, 7) is 8.07. The minimum Gasteiger partial charge on any atom is -0.491 e. The summed E-state index contributed by atoms with van der Waals surface area (Å²) in [7, 11) is 2.08. The maximum atomic E-state index is 6.14. The van der Waals surface area contributed by atoms with Gasteiger partial charge in [-0.15, -0.1) is 0 Å². The normalized spacial score (nSPS) is 13.1. The number of nitrogens with two attached hydrogens (primary N) is 1. The van der Waals surface area contributed by atoms with Crippen LogP contribution in [0.5, 0.6) is 5.75 Å². The SMILES string of the molecule is CCN(C)CC(N)c1ccc(OC(C)C)cc1. The first-order valence-corrected chi connectivity index (χ1v) is 6.23. The van der Waals surface area contributed by atoms with Crippen molar-refractivity contribution in [2.24, 2.45) is 5.73 Å². The lowest BCUT2D eigenvalue weighted by Gasteiger charge is -2.20. The van der Waals surface area contributed by atoms with E-state index in [1.807, 2.05) is 38.1 Å². The summed E-state index contributed by atoms with van der Waals surface area (Å²) in [6, 6.07) is 8.13. The Morgan fingerprint density at radius 1 is 1.24 bits per heavy atom. The summed E-state index contributed by atoms with van der Waals surface area (Å²) in [5.41, 5.74) is 7.29. The van der Waals surface area contributed by atoms with Gasteiger partial charge >= 0.3 is 0 Å². The van der Waals surface area contributed by atoms with Gasteiger partial charge in [0, 0.05) is 12.6 Å². The zero-order chi connectivity index (χ0) is 12.8. The fourth-order valence-electron chi connectivity index (χ4n) is 1.64. The van der Waals surface area contributed by atoms with Crippen LogP contribution in [-0.2, 0) is 0 Å². The second kappa shape index (κ2) is 6.62. The third-order valence-corrected chi connectivity index (χ3v) is 2.73. The Morgan fingerprint density at radius 3 is 2.29 bits per heavy atom. The van der Waals surface area contributed by atoms with Crippen molar-refractivity contribution in [2.75, 3.05) is 20.1 Å². The number of likely N-dealkylation sites (N-methyl/N-ethyl adjacent to an activating group) is 1. The maximum absolute atomic E-state index is 6.14. The van der Waals surface area contributed by atoms with E-state index in [9.17, 15) is 0 Å². The Balaban J connectivity index is 2.60. The molecule has 3 heteroatoms. The number of rotatable bonds is 6. The fourth-order valence-corrected chi connectivity index (χ4v) is 1.64. The van der Waals surface area contributed by atoms with Crippen molar-refractivity contribution >= 4 is 0 Å². The lowest BCUT2D eigenvalue weighted by atomic mass is 10.1. The number of nitrogens with zero attached hydrogens (tertiary/aromatic N) is 1. The van der Waals surface area contributed by atoms with Crippen LogP contribution in [0.2, 0.25) is 0 Å². The minimum atomic E-state index is 0.0630. The Morgan fingerprint density at radius 2 is 1.82 bits per heavy atom. The van der Waals surface area contributed by atoms with Crippen LogP contribution in [0, 0.1) is 0 Å². The molecule has 0 saturated heterocycles. The number of hydrogen-bond acceptors (Lipinski definition) is 3. The largest absolute Gasteiger partial charge is 0.491 e. The van der Waals surface area contributed by atoms with Crippen molar-refractivity contribution in [2.45, 2.75) is 32.9 Å². The van der Waals surface area contributed by atoms with E-state index in [1.54, 1.807) is 0 Å². The molecule has 0 saturated carbocycles. The van der Waals surface area contributed by atoms with Gasteiger partial charge in [0.05, 0.1) is 6.10 Å². The molecule has 0 spiro atoms. The summed E-state index contributed by atoms with van der Waals surface area (Å²) in [6.07, 6.45) is 0.209. The van der Waals surface area contributed by atoms with Crippen LogP contribution in [0.15, 0.2) is 24.3 Å². The van der Waals surface area contributed by atoms with E-state index in [0.29, 0.717) is 0 Å². The van der Waals surface area contributed by atoms with E-state index < -0.39 is 0 Å². The molecule has 1 aromatic carbocycles. The molecule has 1 unspecified atom stereocenters. The van der Waals surface area contributed by atoms with Gasteiger partial charge in [-0.25, -0.2) is 0 Å². The van der Waals surface area contributed by atoms with Crippen molar-refractivity contribution in [3.63, 3.8) is 0 Å². The monoisotopic (exact) mass is 236 g/mol. The van der Waals surface area contributed by atoms with Crippen molar-refractivity contribution in [3.8, 4) is 5.75 Å². The number of ether oxygens (including phenoxy) is 1. The highest BCUT2D eigenvalue weighted by Gasteiger charge is 2.08. The molecular formula is C14H24N2O.